The zero-order valence-corrected chi connectivity index (χ0v) is 29.2. The number of phenols is 1. The minimum atomic E-state index is -0.134. The predicted molar refractivity (Wildman–Crippen MR) is 207 cm³/mol. The summed E-state index contributed by atoms with van der Waals surface area (Å²) in [6, 6.07) is 38.3. The van der Waals surface area contributed by atoms with Gasteiger partial charge in [-0.15, -0.1) is 0 Å². The van der Waals surface area contributed by atoms with E-state index < -0.39 is 0 Å². The standard InChI is InChI=1S/C45H39N3O2/c1-44(2,3)33-18-22-39(49)32(24-33)27-47-41-36-14-9-8-11-29(36)17-21-37(41)43-48-42-38(25-34(45(4,5)6)26-40(42)50-43)31-13-10-12-30(23-31)28-15-19-35(46-7)20-16-28/h8-27,49H,1-6H3. The van der Waals surface area contributed by atoms with Crippen molar-refractivity contribution in [1.82, 2.24) is 4.98 Å². The maximum absolute atomic E-state index is 10.8. The Kier molecular flexibility index (Phi) is 8.12. The van der Waals surface area contributed by atoms with Gasteiger partial charge in [-0.3, -0.25) is 4.99 Å². The molecule has 7 aromatic rings. The minimum Gasteiger partial charge on any atom is -0.507 e. The average molecular weight is 654 g/mol. The molecule has 5 heteroatoms. The summed E-state index contributed by atoms with van der Waals surface area (Å²) in [5, 5.41) is 12.8. The smallest absolute Gasteiger partial charge is 0.229 e. The molecule has 246 valence electrons. The largest absolute Gasteiger partial charge is 0.507 e. The Morgan fingerprint density at radius 2 is 1.44 bits per heavy atom. The summed E-state index contributed by atoms with van der Waals surface area (Å²) in [4.78, 5) is 13.7. The van der Waals surface area contributed by atoms with Crippen LogP contribution in [0.2, 0.25) is 0 Å². The van der Waals surface area contributed by atoms with Gasteiger partial charge in [-0.1, -0.05) is 120 Å². The molecule has 0 spiro atoms. The van der Waals surface area contributed by atoms with Crippen molar-refractivity contribution in [2.45, 2.75) is 52.4 Å². The SMILES string of the molecule is [C-]#[N+]c1ccc(-c2cccc(-c3cc(C(C)(C)C)cc4oc(-c5ccc6ccccc6c5N=Cc5cc(C(C)(C)C)ccc5O)nc34)c2)cc1. The highest BCUT2D eigenvalue weighted by atomic mass is 16.3. The van der Waals surface area contributed by atoms with E-state index in [2.05, 4.69) is 101 Å². The van der Waals surface area contributed by atoms with Crippen LogP contribution in [0.15, 0.2) is 125 Å². The number of aromatic nitrogens is 1. The van der Waals surface area contributed by atoms with Crippen LogP contribution in [0.3, 0.4) is 0 Å². The molecule has 0 amide bonds. The molecule has 50 heavy (non-hydrogen) atoms. The highest BCUT2D eigenvalue weighted by Crippen LogP contribution is 2.42. The van der Waals surface area contributed by atoms with Gasteiger partial charge in [0, 0.05) is 22.7 Å². The number of phenolic OH excluding ortho intramolecular Hbond substituents is 1. The van der Waals surface area contributed by atoms with Crippen molar-refractivity contribution in [3.63, 3.8) is 0 Å². The summed E-state index contributed by atoms with van der Waals surface area (Å²) < 4.78 is 6.66. The van der Waals surface area contributed by atoms with Crippen molar-refractivity contribution < 1.29 is 9.52 Å². The molecule has 0 fully saturated rings. The van der Waals surface area contributed by atoms with Gasteiger partial charge in [-0.25, -0.2) is 9.83 Å². The summed E-state index contributed by atoms with van der Waals surface area (Å²) in [5.41, 5.74) is 10.4. The third kappa shape index (κ3) is 6.29. The number of rotatable bonds is 5. The van der Waals surface area contributed by atoms with Crippen LogP contribution in [0.4, 0.5) is 11.4 Å². The summed E-state index contributed by atoms with van der Waals surface area (Å²) in [6.45, 7) is 20.4. The number of hydrogen-bond donors (Lipinski definition) is 1. The van der Waals surface area contributed by atoms with E-state index in [4.69, 9.17) is 21.0 Å². The lowest BCUT2D eigenvalue weighted by Gasteiger charge is -2.20. The lowest BCUT2D eigenvalue weighted by atomic mass is 9.84. The van der Waals surface area contributed by atoms with Crippen LogP contribution in [0.1, 0.15) is 58.2 Å². The number of aromatic hydroxyl groups is 1. The van der Waals surface area contributed by atoms with E-state index >= 15 is 0 Å². The summed E-state index contributed by atoms with van der Waals surface area (Å²) in [5.74, 6) is 0.651. The van der Waals surface area contributed by atoms with Gasteiger partial charge in [0.05, 0.1) is 17.8 Å². The van der Waals surface area contributed by atoms with Gasteiger partial charge in [-0.05, 0) is 80.4 Å². The molecule has 0 bridgehead atoms. The molecular formula is C45H39N3O2. The highest BCUT2D eigenvalue weighted by molar-refractivity contribution is 6.03. The van der Waals surface area contributed by atoms with Gasteiger partial charge >= 0.3 is 0 Å². The van der Waals surface area contributed by atoms with E-state index in [1.807, 2.05) is 54.6 Å². The van der Waals surface area contributed by atoms with Gasteiger partial charge in [-0.2, -0.15) is 0 Å². The van der Waals surface area contributed by atoms with Gasteiger partial charge < -0.3 is 9.52 Å². The third-order valence-corrected chi connectivity index (χ3v) is 9.22. The first-order valence-electron chi connectivity index (χ1n) is 16.8. The Morgan fingerprint density at radius 3 is 2.18 bits per heavy atom. The van der Waals surface area contributed by atoms with E-state index in [0.29, 0.717) is 22.7 Å². The lowest BCUT2D eigenvalue weighted by Crippen LogP contribution is -2.11. The first-order valence-corrected chi connectivity index (χ1v) is 16.8. The molecule has 1 N–H and O–H groups in total. The summed E-state index contributed by atoms with van der Waals surface area (Å²) in [7, 11) is 0. The van der Waals surface area contributed by atoms with Gasteiger partial charge in [0.1, 0.15) is 11.3 Å². The molecule has 0 aliphatic heterocycles. The Hall–Kier alpha value is -5.99. The van der Waals surface area contributed by atoms with E-state index in [-0.39, 0.29) is 16.6 Å². The molecule has 7 rings (SSSR count). The van der Waals surface area contributed by atoms with Crippen LogP contribution < -0.4 is 0 Å². The molecule has 0 saturated carbocycles. The first kappa shape index (κ1) is 32.6. The Bertz CT molecular complexity index is 2470. The van der Waals surface area contributed by atoms with Crippen molar-refractivity contribution in [1.29, 1.82) is 0 Å². The van der Waals surface area contributed by atoms with Crippen molar-refractivity contribution in [3.05, 3.63) is 143 Å². The van der Waals surface area contributed by atoms with E-state index in [1.165, 1.54) is 0 Å². The molecule has 6 aromatic carbocycles. The van der Waals surface area contributed by atoms with Crippen LogP contribution in [0.5, 0.6) is 5.75 Å². The second-order valence-corrected chi connectivity index (χ2v) is 14.8. The fourth-order valence-electron chi connectivity index (χ4n) is 6.22. The topological polar surface area (TPSA) is 63.0 Å². The number of oxazole rings is 1. The summed E-state index contributed by atoms with van der Waals surface area (Å²) in [6.07, 6.45) is 1.73. The van der Waals surface area contributed by atoms with E-state index in [1.54, 1.807) is 12.3 Å². The van der Waals surface area contributed by atoms with Crippen molar-refractivity contribution in [3.8, 4) is 39.5 Å². The number of hydrogen-bond acceptors (Lipinski definition) is 4. The van der Waals surface area contributed by atoms with Crippen molar-refractivity contribution in [2.75, 3.05) is 0 Å². The third-order valence-electron chi connectivity index (χ3n) is 9.22. The molecule has 1 aromatic heterocycles. The molecule has 0 aliphatic carbocycles. The minimum absolute atomic E-state index is 0.0781. The van der Waals surface area contributed by atoms with E-state index in [9.17, 15) is 5.11 Å². The number of aliphatic imine (C=N–C) groups is 1. The molecule has 0 aliphatic rings. The fraction of sp³-hybridized carbons (Fsp3) is 0.178. The van der Waals surface area contributed by atoms with Crippen LogP contribution in [0.25, 0.3) is 60.4 Å². The number of fused-ring (bicyclic) bond motifs is 2. The van der Waals surface area contributed by atoms with Crippen LogP contribution in [0, 0.1) is 6.57 Å². The molecule has 0 saturated heterocycles. The second kappa shape index (κ2) is 12.5. The molecule has 0 unspecified atom stereocenters. The fourth-order valence-corrected chi connectivity index (χ4v) is 6.22. The molecule has 1 heterocycles. The zero-order chi connectivity index (χ0) is 35.2. The molecule has 5 nitrogen and oxygen atoms in total. The molecular weight excluding hydrogens is 615 g/mol. The van der Waals surface area contributed by atoms with Crippen molar-refractivity contribution >= 4 is 39.5 Å². The van der Waals surface area contributed by atoms with E-state index in [0.717, 1.165) is 60.9 Å². The van der Waals surface area contributed by atoms with Gasteiger partial charge in [0.15, 0.2) is 11.3 Å². The van der Waals surface area contributed by atoms with Gasteiger partial charge in [0.25, 0.3) is 0 Å². The Labute approximate surface area is 293 Å². The average Bonchev–Trinajstić information content (AvgIpc) is 3.54. The van der Waals surface area contributed by atoms with Crippen LogP contribution in [-0.4, -0.2) is 16.3 Å². The highest BCUT2D eigenvalue weighted by Gasteiger charge is 2.23. The maximum atomic E-state index is 10.8. The normalized spacial score (nSPS) is 12.2. The molecule has 0 radical (unpaired) electrons. The lowest BCUT2D eigenvalue weighted by molar-refractivity contribution is 0.473. The zero-order valence-electron chi connectivity index (χ0n) is 29.2. The maximum Gasteiger partial charge on any atom is 0.229 e. The number of benzene rings is 6. The van der Waals surface area contributed by atoms with Crippen LogP contribution >= 0.6 is 0 Å². The Morgan fingerprint density at radius 1 is 0.700 bits per heavy atom. The Balaban J connectivity index is 1.40. The monoisotopic (exact) mass is 653 g/mol. The second-order valence-electron chi connectivity index (χ2n) is 14.8. The predicted octanol–water partition coefficient (Wildman–Crippen LogP) is 12.6. The van der Waals surface area contributed by atoms with Gasteiger partial charge in [0.2, 0.25) is 5.89 Å². The van der Waals surface area contributed by atoms with Crippen molar-refractivity contribution in [2.24, 2.45) is 4.99 Å². The first-order chi connectivity index (χ1) is 23.9. The molecule has 0 atom stereocenters. The summed E-state index contributed by atoms with van der Waals surface area (Å²) >= 11 is 0. The van der Waals surface area contributed by atoms with Crippen LogP contribution in [-0.2, 0) is 10.8 Å². The number of nitrogens with zero attached hydrogens (tertiary/aromatic N) is 3. The quantitative estimate of drug-likeness (QED) is 0.148.